The molecule has 0 spiro atoms. The number of para-hydroxylation sites is 2. The standard InChI is InChI=1S/C17H21N2O4P/c1-14(2)13-18-17(20)19-24(21,22-15-9-5-3-6-10-15)23-16-11-7-4-8-12-16/h3-12,14H,13H2,1-2H3,(H2,18,19,20,21). The lowest BCUT2D eigenvalue weighted by Crippen LogP contribution is -2.37. The first kappa shape index (κ1) is 17.9. The normalized spacial score (nSPS) is 11.0. The maximum atomic E-state index is 13.0. The minimum Gasteiger partial charge on any atom is -0.400 e. The minimum atomic E-state index is -3.94. The summed E-state index contributed by atoms with van der Waals surface area (Å²) in [5, 5.41) is 4.93. The third kappa shape index (κ3) is 5.97. The molecule has 2 N–H and O–H groups in total. The van der Waals surface area contributed by atoms with Crippen molar-refractivity contribution in [3.05, 3.63) is 60.7 Å². The molecular weight excluding hydrogens is 327 g/mol. The van der Waals surface area contributed by atoms with Crippen LogP contribution in [-0.2, 0) is 4.57 Å². The number of carbonyl (C=O) groups is 1. The van der Waals surface area contributed by atoms with Crippen LogP contribution in [0, 0.1) is 5.92 Å². The Morgan fingerprint density at radius 1 is 0.958 bits per heavy atom. The lowest BCUT2D eigenvalue weighted by atomic mass is 10.2. The molecular formula is C17H21N2O4P. The van der Waals surface area contributed by atoms with Crippen LogP contribution in [0.4, 0.5) is 4.79 Å². The maximum Gasteiger partial charge on any atom is 0.545 e. The van der Waals surface area contributed by atoms with E-state index in [9.17, 15) is 9.36 Å². The molecule has 2 rings (SSSR count). The summed E-state index contributed by atoms with van der Waals surface area (Å²) in [5.74, 6) is 0.932. The van der Waals surface area contributed by atoms with E-state index in [4.69, 9.17) is 9.05 Å². The Morgan fingerprint density at radius 2 is 1.42 bits per heavy atom. The van der Waals surface area contributed by atoms with Gasteiger partial charge >= 0.3 is 13.8 Å². The monoisotopic (exact) mass is 348 g/mol. The molecule has 6 nitrogen and oxygen atoms in total. The van der Waals surface area contributed by atoms with Crippen molar-refractivity contribution >= 4 is 13.8 Å². The van der Waals surface area contributed by atoms with E-state index in [1.165, 1.54) is 0 Å². The summed E-state index contributed by atoms with van der Waals surface area (Å²) in [4.78, 5) is 12.0. The molecule has 0 bridgehead atoms. The largest absolute Gasteiger partial charge is 0.545 e. The van der Waals surface area contributed by atoms with E-state index in [0.29, 0.717) is 18.0 Å². The van der Waals surface area contributed by atoms with Crippen molar-refractivity contribution in [1.29, 1.82) is 0 Å². The second-order valence-corrected chi connectivity index (χ2v) is 7.11. The van der Waals surface area contributed by atoms with Gasteiger partial charge in [-0.25, -0.2) is 14.4 Å². The van der Waals surface area contributed by atoms with Gasteiger partial charge in [-0.2, -0.15) is 0 Å². The molecule has 0 saturated heterocycles. The highest BCUT2D eigenvalue weighted by atomic mass is 31.2. The van der Waals surface area contributed by atoms with Crippen LogP contribution in [0.15, 0.2) is 60.7 Å². The van der Waals surface area contributed by atoms with Gasteiger partial charge in [0.1, 0.15) is 11.5 Å². The van der Waals surface area contributed by atoms with Crippen LogP contribution in [0.1, 0.15) is 13.8 Å². The van der Waals surface area contributed by atoms with Gasteiger partial charge in [0, 0.05) is 6.54 Å². The molecule has 7 heteroatoms. The molecule has 2 amide bonds. The van der Waals surface area contributed by atoms with Crippen LogP contribution < -0.4 is 19.5 Å². The fourth-order valence-electron chi connectivity index (χ4n) is 1.77. The van der Waals surface area contributed by atoms with Crippen molar-refractivity contribution < 1.29 is 18.4 Å². The lowest BCUT2D eigenvalue weighted by Gasteiger charge is -2.20. The van der Waals surface area contributed by atoms with Gasteiger partial charge < -0.3 is 14.4 Å². The first-order valence-electron chi connectivity index (χ1n) is 7.62. The minimum absolute atomic E-state index is 0.264. The van der Waals surface area contributed by atoms with Crippen LogP contribution in [0.2, 0.25) is 0 Å². The van der Waals surface area contributed by atoms with Gasteiger partial charge in [-0.05, 0) is 30.2 Å². The predicted molar refractivity (Wildman–Crippen MR) is 93.1 cm³/mol. The first-order valence-corrected chi connectivity index (χ1v) is 9.16. The number of benzene rings is 2. The predicted octanol–water partition coefficient (Wildman–Crippen LogP) is 4.21. The summed E-state index contributed by atoms with van der Waals surface area (Å²) >= 11 is 0. The maximum absolute atomic E-state index is 13.0. The highest BCUT2D eigenvalue weighted by Crippen LogP contribution is 2.44. The van der Waals surface area contributed by atoms with Gasteiger partial charge in [0.15, 0.2) is 0 Å². The molecule has 0 atom stereocenters. The van der Waals surface area contributed by atoms with Gasteiger partial charge in [0.25, 0.3) is 0 Å². The fraction of sp³-hybridized carbons (Fsp3) is 0.235. The third-order valence-corrected chi connectivity index (χ3v) is 4.23. The second-order valence-electron chi connectivity index (χ2n) is 5.52. The van der Waals surface area contributed by atoms with Crippen molar-refractivity contribution in [3.63, 3.8) is 0 Å². The topological polar surface area (TPSA) is 76.7 Å². The number of rotatable bonds is 7. The molecule has 24 heavy (non-hydrogen) atoms. The summed E-state index contributed by atoms with van der Waals surface area (Å²) in [6.45, 7) is 4.37. The zero-order valence-corrected chi connectivity index (χ0v) is 14.5. The van der Waals surface area contributed by atoms with Crippen LogP contribution in [0.3, 0.4) is 0 Å². The van der Waals surface area contributed by atoms with E-state index in [1.807, 2.05) is 13.8 Å². The van der Waals surface area contributed by atoms with Gasteiger partial charge in [0.05, 0.1) is 0 Å². The van der Waals surface area contributed by atoms with Gasteiger partial charge in [-0.3, -0.25) is 0 Å². The number of hydrogen-bond donors (Lipinski definition) is 2. The zero-order chi connectivity index (χ0) is 17.4. The molecule has 0 aliphatic heterocycles. The molecule has 0 unspecified atom stereocenters. The van der Waals surface area contributed by atoms with E-state index in [2.05, 4.69) is 10.4 Å². The quantitative estimate of drug-likeness (QED) is 0.735. The third-order valence-electron chi connectivity index (χ3n) is 2.85. The number of urea groups is 1. The Morgan fingerprint density at radius 3 is 1.83 bits per heavy atom. The van der Waals surface area contributed by atoms with Crippen molar-refractivity contribution in [1.82, 2.24) is 10.4 Å². The van der Waals surface area contributed by atoms with Crippen LogP contribution in [-0.4, -0.2) is 12.6 Å². The summed E-state index contributed by atoms with van der Waals surface area (Å²) in [6.07, 6.45) is 0. The van der Waals surface area contributed by atoms with E-state index in [0.717, 1.165) is 0 Å². The van der Waals surface area contributed by atoms with Crippen molar-refractivity contribution in [2.75, 3.05) is 6.54 Å². The average molecular weight is 348 g/mol. The summed E-state index contributed by atoms with van der Waals surface area (Å²) in [7, 11) is -3.94. The molecule has 0 radical (unpaired) electrons. The summed E-state index contributed by atoms with van der Waals surface area (Å²) in [5.41, 5.74) is 0. The van der Waals surface area contributed by atoms with Crippen molar-refractivity contribution in [2.45, 2.75) is 13.8 Å². The molecule has 0 aliphatic rings. The fourth-order valence-corrected chi connectivity index (χ4v) is 3.02. The lowest BCUT2D eigenvalue weighted by molar-refractivity contribution is 0.241. The smallest absolute Gasteiger partial charge is 0.400 e. The van der Waals surface area contributed by atoms with Gasteiger partial charge in [-0.1, -0.05) is 50.2 Å². The zero-order valence-electron chi connectivity index (χ0n) is 13.6. The van der Waals surface area contributed by atoms with Crippen LogP contribution in [0.25, 0.3) is 0 Å². The number of nitrogens with one attached hydrogen (secondary N) is 2. The number of carbonyl (C=O) groups excluding carboxylic acids is 1. The number of hydrogen-bond acceptors (Lipinski definition) is 4. The van der Waals surface area contributed by atoms with Crippen LogP contribution in [0.5, 0.6) is 11.5 Å². The SMILES string of the molecule is CC(C)CNC(=O)NP(=O)(Oc1ccccc1)Oc1ccccc1. The molecule has 0 aromatic heterocycles. The van der Waals surface area contributed by atoms with E-state index >= 15 is 0 Å². The Hall–Kier alpha value is -2.46. The first-order chi connectivity index (χ1) is 11.5. The Balaban J connectivity index is 2.14. The van der Waals surface area contributed by atoms with Crippen molar-refractivity contribution in [2.24, 2.45) is 5.92 Å². The Kier molecular flexibility index (Phi) is 6.27. The molecule has 2 aromatic carbocycles. The Bertz CT molecular complexity index is 647. The Labute approximate surface area is 141 Å². The molecule has 0 fully saturated rings. The summed E-state index contributed by atoms with van der Waals surface area (Å²) < 4.78 is 23.9. The average Bonchev–Trinajstić information content (AvgIpc) is 2.54. The number of amides is 2. The van der Waals surface area contributed by atoms with E-state index in [1.54, 1.807) is 60.7 Å². The molecule has 0 saturated carbocycles. The molecule has 2 aromatic rings. The van der Waals surface area contributed by atoms with Crippen LogP contribution >= 0.6 is 7.75 Å². The van der Waals surface area contributed by atoms with E-state index in [-0.39, 0.29) is 5.92 Å². The second kappa shape index (κ2) is 8.41. The van der Waals surface area contributed by atoms with Gasteiger partial charge in [0.2, 0.25) is 0 Å². The molecule has 128 valence electrons. The van der Waals surface area contributed by atoms with E-state index < -0.39 is 13.8 Å². The highest BCUT2D eigenvalue weighted by Gasteiger charge is 2.31. The summed E-state index contributed by atoms with van der Waals surface area (Å²) in [6, 6.07) is 16.5. The van der Waals surface area contributed by atoms with Gasteiger partial charge in [-0.15, -0.1) is 0 Å². The molecule has 0 aliphatic carbocycles. The van der Waals surface area contributed by atoms with Crippen molar-refractivity contribution in [3.8, 4) is 11.5 Å². The molecule has 0 heterocycles. The highest BCUT2D eigenvalue weighted by molar-refractivity contribution is 7.53.